The van der Waals surface area contributed by atoms with Crippen LogP contribution in [0.1, 0.15) is 28.7 Å². The van der Waals surface area contributed by atoms with E-state index in [1.54, 1.807) is 0 Å². The molecule has 1 rings (SSSR count). The van der Waals surface area contributed by atoms with Crippen molar-refractivity contribution in [3.05, 3.63) is 34.4 Å². The van der Waals surface area contributed by atoms with Crippen molar-refractivity contribution in [3.63, 3.8) is 0 Å². The second-order valence-corrected chi connectivity index (χ2v) is 4.51. The molecule has 0 unspecified atom stereocenters. The Labute approximate surface area is 103 Å². The van der Waals surface area contributed by atoms with Crippen molar-refractivity contribution in [2.75, 3.05) is 13.1 Å². The van der Waals surface area contributed by atoms with Crippen LogP contribution in [0.2, 0.25) is 0 Å². The molecule has 1 aromatic carbocycles. The second kappa shape index (κ2) is 6.40. The van der Waals surface area contributed by atoms with Gasteiger partial charge in [-0.05, 0) is 56.0 Å². The predicted octanol–water partition coefficient (Wildman–Crippen LogP) is 2.22. The van der Waals surface area contributed by atoms with Crippen LogP contribution in [-0.2, 0) is 11.2 Å². The number of carbonyl (C=O) groups is 1. The van der Waals surface area contributed by atoms with Crippen molar-refractivity contribution in [2.45, 2.75) is 33.6 Å². The largest absolute Gasteiger partial charge is 0.481 e. The van der Waals surface area contributed by atoms with Crippen LogP contribution in [-0.4, -0.2) is 24.2 Å². The van der Waals surface area contributed by atoms with E-state index in [1.807, 2.05) is 0 Å². The molecule has 0 aliphatic heterocycles. The van der Waals surface area contributed by atoms with E-state index >= 15 is 0 Å². The van der Waals surface area contributed by atoms with E-state index in [-0.39, 0.29) is 6.42 Å². The molecule has 0 aliphatic rings. The Hall–Kier alpha value is -1.35. The van der Waals surface area contributed by atoms with Crippen LogP contribution in [0.4, 0.5) is 0 Å². The lowest BCUT2D eigenvalue weighted by atomic mass is 9.99. The molecule has 0 radical (unpaired) electrons. The standard InChI is InChI=1S/C14H21NO2/c1-10-8-12(3)13(9-11(10)2)4-6-15-7-5-14(16)17/h8-9,15H,4-7H2,1-3H3,(H,16,17). The molecule has 0 saturated carbocycles. The summed E-state index contributed by atoms with van der Waals surface area (Å²) in [4.78, 5) is 10.3. The van der Waals surface area contributed by atoms with Crippen molar-refractivity contribution in [1.29, 1.82) is 0 Å². The number of benzene rings is 1. The first-order valence-electron chi connectivity index (χ1n) is 6.00. The van der Waals surface area contributed by atoms with Gasteiger partial charge in [-0.3, -0.25) is 4.79 Å². The fourth-order valence-electron chi connectivity index (χ4n) is 1.83. The monoisotopic (exact) mass is 235 g/mol. The van der Waals surface area contributed by atoms with Gasteiger partial charge in [-0.1, -0.05) is 12.1 Å². The minimum Gasteiger partial charge on any atom is -0.481 e. The van der Waals surface area contributed by atoms with Gasteiger partial charge in [-0.15, -0.1) is 0 Å². The Morgan fingerprint density at radius 1 is 1.12 bits per heavy atom. The molecule has 17 heavy (non-hydrogen) atoms. The third-order valence-electron chi connectivity index (χ3n) is 3.04. The minimum atomic E-state index is -0.750. The summed E-state index contributed by atoms with van der Waals surface area (Å²) in [5.41, 5.74) is 5.30. The van der Waals surface area contributed by atoms with E-state index in [4.69, 9.17) is 5.11 Å². The Balaban J connectivity index is 2.41. The van der Waals surface area contributed by atoms with Crippen LogP contribution in [0.25, 0.3) is 0 Å². The number of carboxylic acid groups (broad SMARTS) is 1. The smallest absolute Gasteiger partial charge is 0.304 e. The van der Waals surface area contributed by atoms with Crippen molar-refractivity contribution in [2.24, 2.45) is 0 Å². The average molecular weight is 235 g/mol. The maximum Gasteiger partial charge on any atom is 0.304 e. The molecule has 0 fully saturated rings. The zero-order valence-corrected chi connectivity index (χ0v) is 10.8. The van der Waals surface area contributed by atoms with E-state index in [9.17, 15) is 4.79 Å². The highest BCUT2D eigenvalue weighted by atomic mass is 16.4. The Bertz CT molecular complexity index is 399. The molecule has 0 amide bonds. The Morgan fingerprint density at radius 3 is 2.41 bits per heavy atom. The lowest BCUT2D eigenvalue weighted by Gasteiger charge is -2.10. The zero-order valence-electron chi connectivity index (χ0n) is 10.8. The van der Waals surface area contributed by atoms with E-state index in [1.165, 1.54) is 22.3 Å². The van der Waals surface area contributed by atoms with Gasteiger partial charge in [0.1, 0.15) is 0 Å². The van der Waals surface area contributed by atoms with Crippen LogP contribution in [0.3, 0.4) is 0 Å². The van der Waals surface area contributed by atoms with Gasteiger partial charge in [0.25, 0.3) is 0 Å². The highest BCUT2D eigenvalue weighted by Crippen LogP contribution is 2.15. The highest BCUT2D eigenvalue weighted by Gasteiger charge is 2.02. The minimum absolute atomic E-state index is 0.186. The van der Waals surface area contributed by atoms with Crippen LogP contribution in [0.5, 0.6) is 0 Å². The third-order valence-corrected chi connectivity index (χ3v) is 3.04. The van der Waals surface area contributed by atoms with Crippen LogP contribution in [0, 0.1) is 20.8 Å². The lowest BCUT2D eigenvalue weighted by molar-refractivity contribution is -0.136. The second-order valence-electron chi connectivity index (χ2n) is 4.51. The van der Waals surface area contributed by atoms with Crippen LogP contribution in [0.15, 0.2) is 12.1 Å². The first-order chi connectivity index (χ1) is 8.00. The molecule has 0 heterocycles. The molecular formula is C14H21NO2. The number of hydrogen-bond donors (Lipinski definition) is 2. The van der Waals surface area contributed by atoms with Gasteiger partial charge in [0.05, 0.1) is 6.42 Å². The van der Waals surface area contributed by atoms with Gasteiger partial charge in [0.2, 0.25) is 0 Å². The molecule has 3 nitrogen and oxygen atoms in total. The maximum atomic E-state index is 10.3. The Kier molecular flexibility index (Phi) is 5.16. The number of aliphatic carboxylic acids is 1. The highest BCUT2D eigenvalue weighted by molar-refractivity contribution is 5.66. The van der Waals surface area contributed by atoms with E-state index in [2.05, 4.69) is 38.2 Å². The molecule has 0 aromatic heterocycles. The summed E-state index contributed by atoms with van der Waals surface area (Å²) in [6.45, 7) is 7.74. The molecule has 0 spiro atoms. The van der Waals surface area contributed by atoms with Gasteiger partial charge in [0.15, 0.2) is 0 Å². The predicted molar refractivity (Wildman–Crippen MR) is 69.5 cm³/mol. The fourth-order valence-corrected chi connectivity index (χ4v) is 1.83. The van der Waals surface area contributed by atoms with Crippen LogP contribution < -0.4 is 5.32 Å². The summed E-state index contributed by atoms with van der Waals surface area (Å²) in [7, 11) is 0. The molecule has 0 bridgehead atoms. The van der Waals surface area contributed by atoms with Crippen molar-refractivity contribution in [1.82, 2.24) is 5.32 Å². The number of aryl methyl sites for hydroxylation is 3. The number of nitrogens with one attached hydrogen (secondary N) is 1. The van der Waals surface area contributed by atoms with E-state index < -0.39 is 5.97 Å². The SMILES string of the molecule is Cc1cc(C)c(CCNCCC(=O)O)cc1C. The van der Waals surface area contributed by atoms with Gasteiger partial charge < -0.3 is 10.4 Å². The van der Waals surface area contributed by atoms with E-state index in [0.717, 1.165) is 13.0 Å². The van der Waals surface area contributed by atoms with Gasteiger partial charge >= 0.3 is 5.97 Å². The molecule has 0 atom stereocenters. The summed E-state index contributed by atoms with van der Waals surface area (Å²) in [6, 6.07) is 4.44. The average Bonchev–Trinajstić information content (AvgIpc) is 2.24. The first-order valence-corrected chi connectivity index (χ1v) is 6.00. The lowest BCUT2D eigenvalue weighted by Crippen LogP contribution is -2.21. The fraction of sp³-hybridized carbons (Fsp3) is 0.500. The Morgan fingerprint density at radius 2 is 1.76 bits per heavy atom. The zero-order chi connectivity index (χ0) is 12.8. The summed E-state index contributed by atoms with van der Waals surface area (Å²) in [5.74, 6) is -0.750. The molecule has 1 aromatic rings. The van der Waals surface area contributed by atoms with Gasteiger partial charge in [-0.25, -0.2) is 0 Å². The number of carboxylic acids is 1. The summed E-state index contributed by atoms with van der Waals surface area (Å²) in [5, 5.41) is 11.6. The quantitative estimate of drug-likeness (QED) is 0.743. The molecule has 0 saturated heterocycles. The third kappa shape index (κ3) is 4.57. The molecule has 2 N–H and O–H groups in total. The number of rotatable bonds is 6. The number of hydrogen-bond acceptors (Lipinski definition) is 2. The topological polar surface area (TPSA) is 49.3 Å². The van der Waals surface area contributed by atoms with Crippen molar-refractivity contribution in [3.8, 4) is 0 Å². The maximum absolute atomic E-state index is 10.3. The molecule has 0 aliphatic carbocycles. The molecule has 3 heteroatoms. The summed E-state index contributed by atoms with van der Waals surface area (Å²) in [6.07, 6.45) is 1.14. The van der Waals surface area contributed by atoms with Gasteiger partial charge in [0, 0.05) is 6.54 Å². The normalized spacial score (nSPS) is 10.5. The summed E-state index contributed by atoms with van der Waals surface area (Å²) < 4.78 is 0. The van der Waals surface area contributed by atoms with Crippen LogP contribution >= 0.6 is 0 Å². The van der Waals surface area contributed by atoms with Gasteiger partial charge in [-0.2, -0.15) is 0 Å². The van der Waals surface area contributed by atoms with Crippen molar-refractivity contribution < 1.29 is 9.90 Å². The first kappa shape index (κ1) is 13.7. The molecule has 94 valence electrons. The van der Waals surface area contributed by atoms with E-state index in [0.29, 0.717) is 6.54 Å². The molecular weight excluding hydrogens is 214 g/mol. The summed E-state index contributed by atoms with van der Waals surface area (Å²) >= 11 is 0. The van der Waals surface area contributed by atoms with Crippen molar-refractivity contribution >= 4 is 5.97 Å².